The van der Waals surface area contributed by atoms with E-state index in [4.69, 9.17) is 0 Å². The van der Waals surface area contributed by atoms with Gasteiger partial charge < -0.3 is 9.80 Å². The number of rotatable bonds is 4. The first kappa shape index (κ1) is 13.6. The molecule has 6 heteroatoms. The van der Waals surface area contributed by atoms with Gasteiger partial charge in [0.1, 0.15) is 5.82 Å². The zero-order chi connectivity index (χ0) is 14.0. The van der Waals surface area contributed by atoms with Crippen LogP contribution in [0, 0.1) is 6.92 Å². The molecule has 0 radical (unpaired) electrons. The van der Waals surface area contributed by atoms with Crippen molar-refractivity contribution < 1.29 is 9.59 Å². The molecule has 0 unspecified atom stereocenters. The maximum Gasteiger partial charge on any atom is 0.242 e. The van der Waals surface area contributed by atoms with Crippen molar-refractivity contribution in [3.63, 3.8) is 0 Å². The van der Waals surface area contributed by atoms with Crippen LogP contribution in [0.5, 0.6) is 0 Å². The van der Waals surface area contributed by atoms with Crippen LogP contribution in [0.3, 0.4) is 0 Å². The Morgan fingerprint density at radius 3 is 2.63 bits per heavy atom. The Morgan fingerprint density at radius 1 is 1.42 bits per heavy atom. The van der Waals surface area contributed by atoms with Crippen molar-refractivity contribution in [1.29, 1.82) is 0 Å². The van der Waals surface area contributed by atoms with Gasteiger partial charge in [-0.2, -0.15) is 5.10 Å². The Kier molecular flexibility index (Phi) is 3.87. The van der Waals surface area contributed by atoms with E-state index < -0.39 is 0 Å². The van der Waals surface area contributed by atoms with Crippen LogP contribution in [0.1, 0.15) is 28.9 Å². The highest BCUT2D eigenvalue weighted by Crippen LogP contribution is 2.20. The number of likely N-dealkylation sites (tertiary alicyclic amines) is 1. The van der Waals surface area contributed by atoms with Crippen LogP contribution in [0.25, 0.3) is 0 Å². The summed E-state index contributed by atoms with van der Waals surface area (Å²) in [6.45, 7) is 3.76. The summed E-state index contributed by atoms with van der Waals surface area (Å²) in [5, 5.41) is 4.23. The second kappa shape index (κ2) is 5.42. The summed E-state index contributed by atoms with van der Waals surface area (Å²) in [4.78, 5) is 26.9. The van der Waals surface area contributed by atoms with Gasteiger partial charge >= 0.3 is 0 Å². The number of carbonyl (C=O) groups excluding carboxylic acids is 2. The maximum absolute atomic E-state index is 12.1. The number of nitrogens with zero attached hydrogens (tertiary/aromatic N) is 4. The van der Waals surface area contributed by atoms with E-state index in [0.29, 0.717) is 17.1 Å². The monoisotopic (exact) mass is 264 g/mol. The molecule has 0 saturated carbocycles. The highest BCUT2D eigenvalue weighted by atomic mass is 16.2. The minimum absolute atomic E-state index is 0.107. The van der Waals surface area contributed by atoms with Crippen molar-refractivity contribution >= 4 is 18.0 Å². The van der Waals surface area contributed by atoms with Crippen LogP contribution in [0.15, 0.2) is 0 Å². The summed E-state index contributed by atoms with van der Waals surface area (Å²) in [6.07, 6.45) is 2.97. The summed E-state index contributed by atoms with van der Waals surface area (Å²) in [7, 11) is 3.60. The Balaban J connectivity index is 2.13. The van der Waals surface area contributed by atoms with E-state index in [0.717, 1.165) is 32.2 Å². The molecule has 1 aliphatic rings. The van der Waals surface area contributed by atoms with Gasteiger partial charge in [0.15, 0.2) is 6.29 Å². The standard InChI is InChI=1S/C13H20N4O2/c1-10-11(9-18)13(16(3)14-10)15(2)8-12(19)17-6-4-5-7-17/h9H,4-8H2,1-3H3. The second-order valence-electron chi connectivity index (χ2n) is 5.01. The highest BCUT2D eigenvalue weighted by molar-refractivity contribution is 5.87. The molecule has 0 bridgehead atoms. The van der Waals surface area contributed by atoms with Gasteiger partial charge in [-0.25, -0.2) is 0 Å². The number of anilines is 1. The lowest BCUT2D eigenvalue weighted by Gasteiger charge is -2.23. The summed E-state index contributed by atoms with van der Waals surface area (Å²) in [5.41, 5.74) is 1.24. The van der Waals surface area contributed by atoms with E-state index in [1.54, 1.807) is 23.6 Å². The van der Waals surface area contributed by atoms with E-state index in [2.05, 4.69) is 5.10 Å². The summed E-state index contributed by atoms with van der Waals surface area (Å²) in [6, 6.07) is 0. The molecule has 1 aromatic heterocycles. The van der Waals surface area contributed by atoms with E-state index in [1.807, 2.05) is 11.9 Å². The average molecular weight is 264 g/mol. The number of hydrogen-bond donors (Lipinski definition) is 0. The molecule has 0 spiro atoms. The molecule has 0 atom stereocenters. The van der Waals surface area contributed by atoms with Crippen LogP contribution in [-0.2, 0) is 11.8 Å². The van der Waals surface area contributed by atoms with E-state index in [-0.39, 0.29) is 12.5 Å². The number of aldehydes is 1. The molecule has 1 amide bonds. The van der Waals surface area contributed by atoms with Gasteiger partial charge in [0.05, 0.1) is 17.8 Å². The molecular weight excluding hydrogens is 244 g/mol. The molecule has 1 aromatic rings. The first-order chi connectivity index (χ1) is 9.04. The predicted octanol–water partition coefficient (Wildman–Crippen LogP) is 0.600. The highest BCUT2D eigenvalue weighted by Gasteiger charge is 2.22. The van der Waals surface area contributed by atoms with Crippen molar-refractivity contribution in [3.05, 3.63) is 11.3 Å². The van der Waals surface area contributed by atoms with E-state index in [9.17, 15) is 9.59 Å². The lowest BCUT2D eigenvalue weighted by atomic mass is 10.2. The van der Waals surface area contributed by atoms with Gasteiger partial charge in [0.2, 0.25) is 5.91 Å². The van der Waals surface area contributed by atoms with Crippen molar-refractivity contribution in [2.45, 2.75) is 19.8 Å². The SMILES string of the molecule is Cc1nn(C)c(N(C)CC(=O)N2CCCC2)c1C=O. The van der Waals surface area contributed by atoms with Crippen LogP contribution >= 0.6 is 0 Å². The van der Waals surface area contributed by atoms with Gasteiger partial charge in [0.25, 0.3) is 0 Å². The van der Waals surface area contributed by atoms with Crippen LogP contribution in [0.2, 0.25) is 0 Å². The maximum atomic E-state index is 12.1. The fourth-order valence-electron chi connectivity index (χ4n) is 2.60. The molecule has 1 aliphatic heterocycles. The third-order valence-corrected chi connectivity index (χ3v) is 3.55. The Bertz CT molecular complexity index is 489. The van der Waals surface area contributed by atoms with E-state index >= 15 is 0 Å². The molecule has 2 rings (SSSR count). The van der Waals surface area contributed by atoms with Crippen molar-refractivity contribution in [3.8, 4) is 0 Å². The number of likely N-dealkylation sites (N-methyl/N-ethyl adjacent to an activating group) is 1. The molecule has 0 N–H and O–H groups in total. The minimum atomic E-state index is 0.107. The number of aryl methyl sites for hydroxylation is 2. The fraction of sp³-hybridized carbons (Fsp3) is 0.615. The summed E-state index contributed by atoms with van der Waals surface area (Å²) >= 11 is 0. The largest absolute Gasteiger partial charge is 0.350 e. The van der Waals surface area contributed by atoms with E-state index in [1.165, 1.54) is 0 Å². The lowest BCUT2D eigenvalue weighted by molar-refractivity contribution is -0.128. The zero-order valence-electron chi connectivity index (χ0n) is 11.7. The first-order valence-corrected chi connectivity index (χ1v) is 6.52. The normalized spacial score (nSPS) is 14.8. The minimum Gasteiger partial charge on any atom is -0.350 e. The summed E-state index contributed by atoms with van der Waals surface area (Å²) < 4.78 is 1.65. The molecular formula is C13H20N4O2. The first-order valence-electron chi connectivity index (χ1n) is 6.52. The Morgan fingerprint density at radius 2 is 2.05 bits per heavy atom. The van der Waals surface area contributed by atoms with Crippen molar-refractivity contribution in [1.82, 2.24) is 14.7 Å². The average Bonchev–Trinajstić information content (AvgIpc) is 2.96. The fourth-order valence-corrected chi connectivity index (χ4v) is 2.60. The molecule has 0 aromatic carbocycles. The molecule has 1 fully saturated rings. The van der Waals surface area contributed by atoms with Gasteiger partial charge in [-0.05, 0) is 19.8 Å². The Hall–Kier alpha value is -1.85. The number of hydrogen-bond acceptors (Lipinski definition) is 4. The number of amides is 1. The van der Waals surface area contributed by atoms with Crippen molar-refractivity contribution in [2.75, 3.05) is 31.6 Å². The van der Waals surface area contributed by atoms with Gasteiger partial charge in [-0.3, -0.25) is 14.3 Å². The summed E-state index contributed by atoms with van der Waals surface area (Å²) in [5.74, 6) is 0.802. The molecule has 104 valence electrons. The predicted molar refractivity (Wildman–Crippen MR) is 72.4 cm³/mol. The van der Waals surface area contributed by atoms with Crippen molar-refractivity contribution in [2.24, 2.45) is 7.05 Å². The van der Waals surface area contributed by atoms with Gasteiger partial charge in [-0.1, -0.05) is 0 Å². The molecule has 2 heterocycles. The second-order valence-corrected chi connectivity index (χ2v) is 5.01. The van der Waals surface area contributed by atoms with Gasteiger partial charge in [-0.15, -0.1) is 0 Å². The van der Waals surface area contributed by atoms with Crippen LogP contribution in [-0.4, -0.2) is 53.6 Å². The lowest BCUT2D eigenvalue weighted by Crippen LogP contribution is -2.38. The van der Waals surface area contributed by atoms with Gasteiger partial charge in [0, 0.05) is 27.2 Å². The molecule has 19 heavy (non-hydrogen) atoms. The van der Waals surface area contributed by atoms with Crippen LogP contribution in [0.4, 0.5) is 5.82 Å². The smallest absolute Gasteiger partial charge is 0.242 e. The number of carbonyl (C=O) groups is 2. The third-order valence-electron chi connectivity index (χ3n) is 3.55. The van der Waals surface area contributed by atoms with Crippen LogP contribution < -0.4 is 4.90 Å². The third kappa shape index (κ3) is 2.62. The molecule has 6 nitrogen and oxygen atoms in total. The topological polar surface area (TPSA) is 58.4 Å². The zero-order valence-corrected chi connectivity index (χ0v) is 11.7. The number of aromatic nitrogens is 2. The molecule has 1 saturated heterocycles. The Labute approximate surface area is 113 Å². The quantitative estimate of drug-likeness (QED) is 0.747. The molecule has 0 aliphatic carbocycles.